The van der Waals surface area contributed by atoms with Crippen molar-refractivity contribution in [1.29, 1.82) is 0 Å². The zero-order valence-electron chi connectivity index (χ0n) is 15.5. The van der Waals surface area contributed by atoms with E-state index in [1.165, 1.54) is 16.9 Å². The monoisotopic (exact) mass is 365 g/mol. The molecule has 0 saturated carbocycles. The highest BCUT2D eigenvalue weighted by Gasteiger charge is 2.22. The van der Waals surface area contributed by atoms with E-state index in [2.05, 4.69) is 18.1 Å². The molecule has 2 aromatic heterocycles. The van der Waals surface area contributed by atoms with Gasteiger partial charge in [-0.15, -0.1) is 11.3 Å². The number of carbonyl (C=O) groups is 1. The molecule has 4 nitrogen and oxygen atoms in total. The zero-order valence-corrected chi connectivity index (χ0v) is 16.3. The van der Waals surface area contributed by atoms with Crippen molar-refractivity contribution in [3.63, 3.8) is 0 Å². The third-order valence-corrected chi connectivity index (χ3v) is 6.37. The lowest BCUT2D eigenvalue weighted by Crippen LogP contribution is -2.26. The van der Waals surface area contributed by atoms with Crippen LogP contribution in [0.5, 0.6) is 0 Å². The lowest BCUT2D eigenvalue weighted by molar-refractivity contribution is 0.0789. The number of rotatable bonds is 4. The lowest BCUT2D eigenvalue weighted by Gasteiger charge is -2.17. The number of para-hydroxylation sites is 1. The zero-order chi connectivity index (χ0) is 18.3. The number of amides is 1. The van der Waals surface area contributed by atoms with Gasteiger partial charge >= 0.3 is 0 Å². The summed E-state index contributed by atoms with van der Waals surface area (Å²) in [7, 11) is 1.88. The molecule has 1 aliphatic rings. The van der Waals surface area contributed by atoms with E-state index in [9.17, 15) is 4.79 Å². The molecular weight excluding hydrogens is 342 g/mol. The van der Waals surface area contributed by atoms with Gasteiger partial charge in [0.25, 0.3) is 5.91 Å². The van der Waals surface area contributed by atoms with Crippen molar-refractivity contribution < 1.29 is 4.79 Å². The van der Waals surface area contributed by atoms with E-state index in [0.717, 1.165) is 40.4 Å². The summed E-state index contributed by atoms with van der Waals surface area (Å²) in [5.74, 6) is 0.107. The molecule has 134 valence electrons. The Morgan fingerprint density at radius 2 is 2.00 bits per heavy atom. The van der Waals surface area contributed by atoms with Crippen LogP contribution in [0.4, 0.5) is 0 Å². The minimum Gasteiger partial charge on any atom is -0.337 e. The van der Waals surface area contributed by atoms with Crippen LogP contribution in [-0.4, -0.2) is 27.6 Å². The maximum Gasteiger partial charge on any atom is 0.263 e. The first-order chi connectivity index (χ1) is 12.5. The molecule has 0 atom stereocenters. The van der Waals surface area contributed by atoms with Crippen molar-refractivity contribution in [2.45, 2.75) is 39.7 Å². The molecule has 2 heterocycles. The first kappa shape index (κ1) is 17.0. The first-order valence-electron chi connectivity index (χ1n) is 9.02. The third kappa shape index (κ3) is 2.97. The molecule has 3 aromatic rings. The molecule has 0 radical (unpaired) electrons. The van der Waals surface area contributed by atoms with Crippen LogP contribution >= 0.6 is 11.3 Å². The number of aromatic nitrogens is 2. The van der Waals surface area contributed by atoms with Gasteiger partial charge in [-0.05, 0) is 56.9 Å². The Kier molecular flexibility index (Phi) is 4.41. The SMILES string of the molecule is Cc1nn(-c2ccccc2)c(C)c1CN(C)C(=O)c1cc2c(s1)CCC2. The van der Waals surface area contributed by atoms with Crippen LogP contribution in [0.15, 0.2) is 36.4 Å². The summed E-state index contributed by atoms with van der Waals surface area (Å²) in [5, 5.41) is 4.69. The van der Waals surface area contributed by atoms with Crippen molar-refractivity contribution in [2.24, 2.45) is 0 Å². The summed E-state index contributed by atoms with van der Waals surface area (Å²) in [5.41, 5.74) is 5.59. The topological polar surface area (TPSA) is 38.1 Å². The highest BCUT2D eigenvalue weighted by atomic mass is 32.1. The Hall–Kier alpha value is -2.40. The number of carbonyl (C=O) groups excluding carboxylic acids is 1. The highest BCUT2D eigenvalue weighted by molar-refractivity contribution is 7.14. The third-order valence-electron chi connectivity index (χ3n) is 5.14. The number of fused-ring (bicyclic) bond motifs is 1. The standard InChI is InChI=1S/C21H23N3OS/c1-14-18(15(2)24(22-14)17-9-5-4-6-10-17)13-23(3)21(25)20-12-16-8-7-11-19(16)26-20/h4-6,9-10,12H,7-8,11,13H2,1-3H3. The average Bonchev–Trinajstić information content (AvgIpc) is 3.31. The van der Waals surface area contributed by atoms with Crippen LogP contribution in [0.2, 0.25) is 0 Å². The fourth-order valence-electron chi connectivity index (χ4n) is 3.66. The Morgan fingerprint density at radius 3 is 2.73 bits per heavy atom. The van der Waals surface area contributed by atoms with E-state index in [1.54, 1.807) is 11.3 Å². The van der Waals surface area contributed by atoms with Gasteiger partial charge in [0, 0.05) is 29.7 Å². The fraction of sp³-hybridized carbons (Fsp3) is 0.333. The van der Waals surface area contributed by atoms with Gasteiger partial charge in [0.05, 0.1) is 16.3 Å². The molecule has 1 aromatic carbocycles. The highest BCUT2D eigenvalue weighted by Crippen LogP contribution is 2.31. The second-order valence-electron chi connectivity index (χ2n) is 6.97. The van der Waals surface area contributed by atoms with E-state index in [0.29, 0.717) is 6.54 Å². The lowest BCUT2D eigenvalue weighted by atomic mass is 10.1. The predicted octanol–water partition coefficient (Wildman–Crippen LogP) is 4.31. The quantitative estimate of drug-likeness (QED) is 0.691. The average molecular weight is 366 g/mol. The van der Waals surface area contributed by atoms with E-state index < -0.39 is 0 Å². The molecule has 1 aliphatic carbocycles. The van der Waals surface area contributed by atoms with Crippen molar-refractivity contribution in [1.82, 2.24) is 14.7 Å². The normalized spacial score (nSPS) is 13.0. The molecule has 5 heteroatoms. The van der Waals surface area contributed by atoms with Gasteiger partial charge in [-0.2, -0.15) is 5.10 Å². The number of hydrogen-bond acceptors (Lipinski definition) is 3. The van der Waals surface area contributed by atoms with Gasteiger partial charge in [-0.3, -0.25) is 4.79 Å². The van der Waals surface area contributed by atoms with Crippen molar-refractivity contribution in [3.05, 3.63) is 68.7 Å². The second kappa shape index (κ2) is 6.72. The molecular formula is C21H23N3OS. The number of aryl methyl sites for hydroxylation is 3. The van der Waals surface area contributed by atoms with Gasteiger partial charge < -0.3 is 4.90 Å². The number of benzene rings is 1. The van der Waals surface area contributed by atoms with Gasteiger partial charge in [-0.25, -0.2) is 4.68 Å². The largest absolute Gasteiger partial charge is 0.337 e. The number of nitrogens with zero attached hydrogens (tertiary/aromatic N) is 3. The maximum atomic E-state index is 12.9. The minimum atomic E-state index is 0.107. The maximum absolute atomic E-state index is 12.9. The molecule has 0 N–H and O–H groups in total. The number of hydrogen-bond donors (Lipinski definition) is 0. The Bertz CT molecular complexity index is 934. The van der Waals surface area contributed by atoms with E-state index in [4.69, 9.17) is 0 Å². The molecule has 0 aliphatic heterocycles. The Labute approximate surface area is 158 Å². The minimum absolute atomic E-state index is 0.107. The molecule has 0 unspecified atom stereocenters. The molecule has 26 heavy (non-hydrogen) atoms. The van der Waals surface area contributed by atoms with Crippen LogP contribution < -0.4 is 0 Å². The van der Waals surface area contributed by atoms with Crippen LogP contribution in [-0.2, 0) is 19.4 Å². The van der Waals surface area contributed by atoms with Crippen molar-refractivity contribution >= 4 is 17.2 Å². The van der Waals surface area contributed by atoms with Crippen LogP contribution in [0.1, 0.15) is 43.5 Å². The van der Waals surface area contributed by atoms with Crippen molar-refractivity contribution in [3.8, 4) is 5.69 Å². The molecule has 0 fully saturated rings. The fourth-order valence-corrected chi connectivity index (χ4v) is 4.90. The van der Waals surface area contributed by atoms with E-state index in [-0.39, 0.29) is 5.91 Å². The molecule has 4 rings (SSSR count). The molecule has 0 saturated heterocycles. The van der Waals surface area contributed by atoms with Crippen LogP contribution in [0.25, 0.3) is 5.69 Å². The summed E-state index contributed by atoms with van der Waals surface area (Å²) in [4.78, 5) is 16.9. The summed E-state index contributed by atoms with van der Waals surface area (Å²) in [6.07, 6.45) is 3.46. The molecule has 0 bridgehead atoms. The van der Waals surface area contributed by atoms with Crippen molar-refractivity contribution in [2.75, 3.05) is 7.05 Å². The van der Waals surface area contributed by atoms with Gasteiger partial charge in [-0.1, -0.05) is 18.2 Å². The van der Waals surface area contributed by atoms with Gasteiger partial charge in [0.15, 0.2) is 0 Å². The van der Waals surface area contributed by atoms with E-state index in [1.807, 2.05) is 53.9 Å². The molecule has 1 amide bonds. The predicted molar refractivity (Wildman–Crippen MR) is 105 cm³/mol. The second-order valence-corrected chi connectivity index (χ2v) is 8.11. The van der Waals surface area contributed by atoms with Gasteiger partial charge in [0.2, 0.25) is 0 Å². The summed E-state index contributed by atoms with van der Waals surface area (Å²) in [6, 6.07) is 12.2. The van der Waals surface area contributed by atoms with Crippen LogP contribution in [0.3, 0.4) is 0 Å². The van der Waals surface area contributed by atoms with Gasteiger partial charge in [0.1, 0.15) is 0 Å². The number of thiophene rings is 1. The summed E-state index contributed by atoms with van der Waals surface area (Å²) in [6.45, 7) is 4.66. The van der Waals surface area contributed by atoms with Crippen LogP contribution in [0, 0.1) is 13.8 Å². The Balaban J connectivity index is 1.56. The Morgan fingerprint density at radius 1 is 1.23 bits per heavy atom. The molecule has 0 spiro atoms. The van der Waals surface area contributed by atoms with E-state index >= 15 is 0 Å². The smallest absolute Gasteiger partial charge is 0.263 e. The first-order valence-corrected chi connectivity index (χ1v) is 9.84. The summed E-state index contributed by atoms with van der Waals surface area (Å²) >= 11 is 1.67. The summed E-state index contributed by atoms with van der Waals surface area (Å²) < 4.78 is 1.96.